The van der Waals surface area contributed by atoms with Crippen LogP contribution in [-0.4, -0.2) is 33.9 Å². The third-order valence-corrected chi connectivity index (χ3v) is 5.27. The zero-order valence-electron chi connectivity index (χ0n) is 15.8. The Bertz CT molecular complexity index is 1190. The van der Waals surface area contributed by atoms with Crippen LogP contribution in [0.3, 0.4) is 0 Å². The normalized spacial score (nSPS) is 15.0. The molecule has 4 heterocycles. The minimum absolute atomic E-state index is 0.0648. The molecule has 1 aliphatic rings. The quantitative estimate of drug-likeness (QED) is 0.493. The lowest BCUT2D eigenvalue weighted by Crippen LogP contribution is -2.11. The fourth-order valence-electron chi connectivity index (χ4n) is 3.67. The highest BCUT2D eigenvalue weighted by molar-refractivity contribution is 5.68. The van der Waals surface area contributed by atoms with E-state index in [1.165, 1.54) is 0 Å². The van der Waals surface area contributed by atoms with Crippen molar-refractivity contribution < 1.29 is 8.78 Å². The van der Waals surface area contributed by atoms with Crippen LogP contribution in [0, 0.1) is 5.92 Å². The molecule has 4 aromatic rings. The van der Waals surface area contributed by atoms with Crippen molar-refractivity contribution in [2.24, 2.45) is 13.0 Å². The van der Waals surface area contributed by atoms with Crippen molar-refractivity contribution in [2.45, 2.75) is 25.3 Å². The number of nitrogens with zero attached hydrogens (tertiary/aromatic N) is 7. The topological polar surface area (TPSA) is 65.8 Å². The van der Waals surface area contributed by atoms with Crippen LogP contribution in [0.1, 0.15) is 25.3 Å². The fraction of sp³-hybridized carbons (Fsp3) is 0.300. The van der Waals surface area contributed by atoms with E-state index in [1.807, 2.05) is 36.1 Å². The van der Waals surface area contributed by atoms with Crippen molar-refractivity contribution in [3.63, 3.8) is 0 Å². The molecule has 0 amide bonds. The van der Waals surface area contributed by atoms with Crippen LogP contribution in [0.5, 0.6) is 0 Å². The van der Waals surface area contributed by atoms with Gasteiger partial charge in [-0.25, -0.2) is 9.97 Å². The van der Waals surface area contributed by atoms with Gasteiger partial charge in [0, 0.05) is 43.5 Å². The summed E-state index contributed by atoms with van der Waals surface area (Å²) in [5.41, 5.74) is 3.24. The highest BCUT2D eigenvalue weighted by Gasteiger charge is 2.32. The van der Waals surface area contributed by atoms with Crippen LogP contribution in [0.15, 0.2) is 55.4 Å². The molecule has 5 rings (SSSR count). The zero-order valence-corrected chi connectivity index (χ0v) is 15.8. The molecule has 0 aromatic carbocycles. The van der Waals surface area contributed by atoms with Gasteiger partial charge in [0.25, 0.3) is 6.08 Å². The Morgan fingerprint density at radius 3 is 2.76 bits per heavy atom. The van der Waals surface area contributed by atoms with E-state index in [4.69, 9.17) is 4.98 Å². The molecule has 0 spiro atoms. The lowest BCUT2D eigenvalue weighted by molar-refractivity contribution is 0.383. The predicted molar refractivity (Wildman–Crippen MR) is 103 cm³/mol. The van der Waals surface area contributed by atoms with Crippen molar-refractivity contribution in [3.8, 4) is 22.6 Å². The first-order valence-electron chi connectivity index (χ1n) is 9.47. The molecule has 0 radical (unpaired) electrons. The minimum atomic E-state index is -1.64. The predicted octanol–water partition coefficient (Wildman–Crippen LogP) is 4.11. The number of fused-ring (bicyclic) bond motifs is 1. The minimum Gasteiger partial charge on any atom is -0.284 e. The lowest BCUT2D eigenvalue weighted by Gasteiger charge is -2.14. The van der Waals surface area contributed by atoms with Crippen LogP contribution in [0.2, 0.25) is 0 Å². The highest BCUT2D eigenvalue weighted by Crippen LogP contribution is 2.42. The van der Waals surface area contributed by atoms with Gasteiger partial charge in [-0.15, -0.1) is 0 Å². The Morgan fingerprint density at radius 1 is 1.21 bits per heavy atom. The third kappa shape index (κ3) is 3.43. The number of allylic oxidation sites excluding steroid dienone is 1. The van der Waals surface area contributed by atoms with E-state index in [2.05, 4.69) is 15.2 Å². The summed E-state index contributed by atoms with van der Waals surface area (Å²) in [5, 5.41) is 8.70. The van der Waals surface area contributed by atoms with Crippen LogP contribution in [0.25, 0.3) is 28.3 Å². The number of aromatic nitrogens is 7. The van der Waals surface area contributed by atoms with Gasteiger partial charge in [-0.3, -0.25) is 13.8 Å². The second kappa shape index (κ2) is 6.91. The summed E-state index contributed by atoms with van der Waals surface area (Å²) in [7, 11) is 1.86. The standard InChI is InChI=1S/C20H19F2N7/c1-27-11-14(9-24-27)16-8-19-23-6-7-28(19)20(26-16)15-10-25-29(12-15)17(13-2-3-13)4-5-18(21)22/h5-13,17H,2-4H2,1H3/t17-/m1/s1. The second-order valence-corrected chi connectivity index (χ2v) is 7.37. The maximum atomic E-state index is 12.6. The number of imidazole rings is 1. The molecule has 4 aromatic heterocycles. The Morgan fingerprint density at radius 2 is 2.03 bits per heavy atom. The number of aryl methyl sites for hydroxylation is 1. The maximum absolute atomic E-state index is 12.6. The molecule has 1 saturated carbocycles. The Kier molecular flexibility index (Phi) is 4.22. The molecule has 0 N–H and O–H groups in total. The van der Waals surface area contributed by atoms with Gasteiger partial charge < -0.3 is 0 Å². The summed E-state index contributed by atoms with van der Waals surface area (Å²) in [4.78, 5) is 9.22. The van der Waals surface area contributed by atoms with Crippen molar-refractivity contribution in [1.82, 2.24) is 33.9 Å². The van der Waals surface area contributed by atoms with E-state index in [0.29, 0.717) is 11.7 Å². The van der Waals surface area contributed by atoms with E-state index >= 15 is 0 Å². The molecule has 1 aliphatic carbocycles. The summed E-state index contributed by atoms with van der Waals surface area (Å²) in [5.74, 6) is 1.09. The molecule has 7 nitrogen and oxygen atoms in total. The molecule has 0 saturated heterocycles. The summed E-state index contributed by atoms with van der Waals surface area (Å²) < 4.78 is 30.7. The van der Waals surface area contributed by atoms with E-state index < -0.39 is 6.08 Å². The van der Waals surface area contributed by atoms with Crippen molar-refractivity contribution in [3.05, 3.63) is 55.4 Å². The molecule has 1 fully saturated rings. The molecular weight excluding hydrogens is 376 g/mol. The molecule has 0 bridgehead atoms. The first kappa shape index (κ1) is 17.7. The number of hydrogen-bond acceptors (Lipinski definition) is 4. The Hall–Kier alpha value is -3.36. The van der Waals surface area contributed by atoms with Gasteiger partial charge in [0.1, 0.15) is 11.5 Å². The fourth-order valence-corrected chi connectivity index (χ4v) is 3.67. The van der Waals surface area contributed by atoms with Crippen molar-refractivity contribution in [1.29, 1.82) is 0 Å². The van der Waals surface area contributed by atoms with E-state index in [0.717, 1.165) is 41.4 Å². The Labute approximate surface area is 165 Å². The van der Waals surface area contributed by atoms with Crippen LogP contribution in [0.4, 0.5) is 8.78 Å². The molecule has 9 heteroatoms. The first-order valence-corrected chi connectivity index (χ1v) is 9.47. The highest BCUT2D eigenvalue weighted by atomic mass is 19.3. The summed E-state index contributed by atoms with van der Waals surface area (Å²) in [6, 6.07) is 1.84. The largest absolute Gasteiger partial charge is 0.284 e. The lowest BCUT2D eigenvalue weighted by atomic mass is 10.1. The maximum Gasteiger partial charge on any atom is 0.266 e. The van der Waals surface area contributed by atoms with Gasteiger partial charge in [-0.2, -0.15) is 19.0 Å². The molecule has 29 heavy (non-hydrogen) atoms. The van der Waals surface area contributed by atoms with Gasteiger partial charge in [0.15, 0.2) is 0 Å². The molecule has 148 valence electrons. The SMILES string of the molecule is Cn1cc(-c2cc3nccn3c(-c3cnn([C@H](CC=C(F)F)C4CC4)c3)n2)cn1. The van der Waals surface area contributed by atoms with Crippen molar-refractivity contribution >= 4 is 5.65 Å². The van der Waals surface area contributed by atoms with Gasteiger partial charge in [0.05, 0.1) is 29.7 Å². The van der Waals surface area contributed by atoms with Crippen LogP contribution in [-0.2, 0) is 7.05 Å². The van der Waals surface area contributed by atoms with Crippen molar-refractivity contribution in [2.75, 3.05) is 0 Å². The molecule has 0 aliphatic heterocycles. The van der Waals surface area contributed by atoms with Gasteiger partial charge in [0.2, 0.25) is 0 Å². The van der Waals surface area contributed by atoms with Gasteiger partial charge in [-0.05, 0) is 31.3 Å². The summed E-state index contributed by atoms with van der Waals surface area (Å²) in [6.07, 6.45) is 12.6. The zero-order chi connectivity index (χ0) is 20.0. The average molecular weight is 395 g/mol. The monoisotopic (exact) mass is 395 g/mol. The van der Waals surface area contributed by atoms with Gasteiger partial charge >= 0.3 is 0 Å². The second-order valence-electron chi connectivity index (χ2n) is 7.37. The average Bonchev–Trinajstić information content (AvgIpc) is 3.10. The molecule has 0 unspecified atom stereocenters. The number of rotatable bonds is 6. The third-order valence-electron chi connectivity index (χ3n) is 5.27. The van der Waals surface area contributed by atoms with Crippen LogP contribution >= 0.6 is 0 Å². The number of hydrogen-bond donors (Lipinski definition) is 0. The van der Waals surface area contributed by atoms with Crippen LogP contribution < -0.4 is 0 Å². The smallest absolute Gasteiger partial charge is 0.266 e. The van der Waals surface area contributed by atoms with E-state index in [9.17, 15) is 8.78 Å². The van der Waals surface area contributed by atoms with E-state index in [1.54, 1.807) is 28.0 Å². The van der Waals surface area contributed by atoms with E-state index in [-0.39, 0.29) is 12.5 Å². The first-order chi connectivity index (χ1) is 14.1. The summed E-state index contributed by atoms with van der Waals surface area (Å²) in [6.45, 7) is 0. The molecular formula is C20H19F2N7. The molecule has 1 atom stereocenters. The summed E-state index contributed by atoms with van der Waals surface area (Å²) >= 11 is 0. The number of halogens is 2. The Balaban J connectivity index is 1.56. The van der Waals surface area contributed by atoms with Gasteiger partial charge in [-0.1, -0.05) is 0 Å².